The quantitative estimate of drug-likeness (QED) is 0.491. The lowest BCUT2D eigenvalue weighted by molar-refractivity contribution is -0.120. The fourth-order valence-corrected chi connectivity index (χ4v) is 4.18. The van der Waals surface area contributed by atoms with Crippen LogP contribution in [-0.2, 0) is 9.59 Å². The molecule has 3 aromatic carbocycles. The van der Waals surface area contributed by atoms with Crippen molar-refractivity contribution in [1.29, 1.82) is 0 Å². The highest BCUT2D eigenvalue weighted by Gasteiger charge is 2.40. The summed E-state index contributed by atoms with van der Waals surface area (Å²) in [6.45, 7) is 10.0. The highest BCUT2D eigenvalue weighted by Crippen LogP contribution is 2.35. The molecular formula is C28H29N3O2. The van der Waals surface area contributed by atoms with Crippen LogP contribution in [0.25, 0.3) is 5.57 Å². The van der Waals surface area contributed by atoms with E-state index < -0.39 is 0 Å². The Kier molecular flexibility index (Phi) is 6.31. The number of anilines is 3. The van der Waals surface area contributed by atoms with Crippen LogP contribution in [0, 0.1) is 13.8 Å². The zero-order valence-electron chi connectivity index (χ0n) is 19.6. The molecule has 3 aromatic rings. The first-order chi connectivity index (χ1) is 16.0. The van der Waals surface area contributed by atoms with E-state index in [-0.39, 0.29) is 11.8 Å². The summed E-state index contributed by atoms with van der Waals surface area (Å²) >= 11 is 0. The second-order valence-corrected chi connectivity index (χ2v) is 8.12. The lowest BCUT2D eigenvalue weighted by Gasteiger charge is -2.22. The molecule has 2 amide bonds. The topological polar surface area (TPSA) is 52.6 Å². The van der Waals surface area contributed by atoms with Crippen LogP contribution >= 0.6 is 0 Å². The Morgan fingerprint density at radius 1 is 0.788 bits per heavy atom. The fourth-order valence-electron chi connectivity index (χ4n) is 4.18. The van der Waals surface area contributed by atoms with Crippen molar-refractivity contribution in [2.45, 2.75) is 27.7 Å². The molecule has 0 spiro atoms. The van der Waals surface area contributed by atoms with Crippen molar-refractivity contribution in [2.24, 2.45) is 0 Å². The van der Waals surface area contributed by atoms with Gasteiger partial charge in [0, 0.05) is 24.5 Å². The Labute approximate surface area is 195 Å². The Morgan fingerprint density at radius 2 is 1.45 bits per heavy atom. The van der Waals surface area contributed by atoms with Gasteiger partial charge in [0.15, 0.2) is 0 Å². The molecule has 33 heavy (non-hydrogen) atoms. The van der Waals surface area contributed by atoms with Crippen LogP contribution in [0.4, 0.5) is 17.1 Å². The van der Waals surface area contributed by atoms with Gasteiger partial charge >= 0.3 is 0 Å². The molecule has 0 atom stereocenters. The number of nitrogens with zero attached hydrogens (tertiary/aromatic N) is 2. The smallest absolute Gasteiger partial charge is 0.282 e. The summed E-state index contributed by atoms with van der Waals surface area (Å²) in [4.78, 5) is 30.7. The molecule has 1 aliphatic rings. The predicted molar refractivity (Wildman–Crippen MR) is 135 cm³/mol. The van der Waals surface area contributed by atoms with Crippen molar-refractivity contribution in [3.05, 3.63) is 95.2 Å². The van der Waals surface area contributed by atoms with Crippen molar-refractivity contribution < 1.29 is 9.59 Å². The number of amides is 2. The normalized spacial score (nSPS) is 13.6. The first-order valence-corrected chi connectivity index (χ1v) is 11.3. The largest absolute Gasteiger partial charge is 0.372 e. The molecule has 1 N–H and O–H groups in total. The fraction of sp³-hybridized carbons (Fsp3) is 0.214. The second-order valence-electron chi connectivity index (χ2n) is 8.12. The highest BCUT2D eigenvalue weighted by atomic mass is 16.2. The van der Waals surface area contributed by atoms with Gasteiger partial charge in [-0.3, -0.25) is 9.59 Å². The first-order valence-electron chi connectivity index (χ1n) is 11.3. The van der Waals surface area contributed by atoms with E-state index in [0.29, 0.717) is 22.5 Å². The van der Waals surface area contributed by atoms with Gasteiger partial charge in [-0.2, -0.15) is 0 Å². The third-order valence-electron chi connectivity index (χ3n) is 6.25. The zero-order valence-corrected chi connectivity index (χ0v) is 19.6. The summed E-state index contributed by atoms with van der Waals surface area (Å²) in [5.41, 5.74) is 5.99. The van der Waals surface area contributed by atoms with Gasteiger partial charge in [-0.05, 0) is 74.7 Å². The molecule has 5 heteroatoms. The SMILES string of the molecule is CCN(CC)c1ccc(N2C(=O)C(Nc3cccc(C)c3C)=C(c3ccccc3)C2=O)cc1. The van der Waals surface area contributed by atoms with Gasteiger partial charge in [0.05, 0.1) is 11.3 Å². The predicted octanol–water partition coefficient (Wildman–Crippen LogP) is 5.55. The van der Waals surface area contributed by atoms with Crippen molar-refractivity contribution in [3.63, 3.8) is 0 Å². The Balaban J connectivity index is 1.76. The van der Waals surface area contributed by atoms with E-state index in [1.165, 1.54) is 4.90 Å². The summed E-state index contributed by atoms with van der Waals surface area (Å²) in [6, 6.07) is 22.9. The van der Waals surface area contributed by atoms with Crippen LogP contribution in [0.5, 0.6) is 0 Å². The van der Waals surface area contributed by atoms with Crippen LogP contribution < -0.4 is 15.1 Å². The van der Waals surface area contributed by atoms with Crippen LogP contribution in [0.2, 0.25) is 0 Å². The van der Waals surface area contributed by atoms with Crippen molar-refractivity contribution in [1.82, 2.24) is 0 Å². The van der Waals surface area contributed by atoms with Crippen LogP contribution in [0.1, 0.15) is 30.5 Å². The highest BCUT2D eigenvalue weighted by molar-refractivity contribution is 6.46. The Morgan fingerprint density at radius 3 is 2.09 bits per heavy atom. The lowest BCUT2D eigenvalue weighted by Crippen LogP contribution is -2.32. The second kappa shape index (κ2) is 9.33. The van der Waals surface area contributed by atoms with E-state index in [0.717, 1.165) is 35.6 Å². The minimum absolute atomic E-state index is 0.299. The number of hydrogen-bond acceptors (Lipinski definition) is 4. The van der Waals surface area contributed by atoms with E-state index in [1.54, 1.807) is 0 Å². The Hall–Kier alpha value is -3.86. The number of carbonyl (C=O) groups is 2. The average molecular weight is 440 g/mol. The number of aryl methyl sites for hydroxylation is 1. The van der Waals surface area contributed by atoms with Gasteiger partial charge < -0.3 is 10.2 Å². The van der Waals surface area contributed by atoms with Crippen molar-refractivity contribution in [2.75, 3.05) is 28.2 Å². The minimum atomic E-state index is -0.352. The number of hydrogen-bond donors (Lipinski definition) is 1. The summed E-state index contributed by atoms with van der Waals surface area (Å²) in [6.07, 6.45) is 0. The number of imide groups is 1. The van der Waals surface area contributed by atoms with Gasteiger partial charge in [-0.25, -0.2) is 4.90 Å². The van der Waals surface area contributed by atoms with E-state index >= 15 is 0 Å². The first kappa shape index (κ1) is 22.3. The maximum atomic E-state index is 13.6. The molecule has 0 aliphatic carbocycles. The molecule has 0 saturated heterocycles. The number of rotatable bonds is 7. The van der Waals surface area contributed by atoms with Gasteiger partial charge in [0.2, 0.25) is 0 Å². The molecule has 5 nitrogen and oxygen atoms in total. The molecule has 1 heterocycles. The van der Waals surface area contributed by atoms with Crippen LogP contribution in [0.15, 0.2) is 78.5 Å². The molecular weight excluding hydrogens is 410 g/mol. The summed E-state index contributed by atoms with van der Waals surface area (Å²) in [5, 5.41) is 3.29. The zero-order chi connectivity index (χ0) is 23.5. The third kappa shape index (κ3) is 4.14. The van der Waals surface area contributed by atoms with E-state index in [2.05, 4.69) is 24.1 Å². The Bertz CT molecular complexity index is 1210. The van der Waals surface area contributed by atoms with E-state index in [9.17, 15) is 9.59 Å². The van der Waals surface area contributed by atoms with E-state index in [4.69, 9.17) is 0 Å². The number of benzene rings is 3. The summed E-state index contributed by atoms with van der Waals surface area (Å²) in [7, 11) is 0. The monoisotopic (exact) mass is 439 g/mol. The van der Waals surface area contributed by atoms with Crippen LogP contribution in [-0.4, -0.2) is 24.9 Å². The molecule has 0 aromatic heterocycles. The van der Waals surface area contributed by atoms with Crippen LogP contribution in [0.3, 0.4) is 0 Å². The van der Waals surface area contributed by atoms with E-state index in [1.807, 2.05) is 86.6 Å². The van der Waals surface area contributed by atoms with Gasteiger partial charge in [0.1, 0.15) is 5.70 Å². The molecule has 0 radical (unpaired) electrons. The maximum Gasteiger partial charge on any atom is 0.282 e. The number of nitrogens with one attached hydrogen (secondary N) is 1. The van der Waals surface area contributed by atoms with Crippen molar-refractivity contribution >= 4 is 34.4 Å². The van der Waals surface area contributed by atoms with Gasteiger partial charge in [-0.15, -0.1) is 0 Å². The molecule has 0 bridgehead atoms. The molecule has 1 aliphatic heterocycles. The third-order valence-corrected chi connectivity index (χ3v) is 6.25. The molecule has 0 saturated carbocycles. The minimum Gasteiger partial charge on any atom is -0.372 e. The molecule has 0 fully saturated rings. The summed E-state index contributed by atoms with van der Waals surface area (Å²) < 4.78 is 0. The molecule has 0 unspecified atom stereocenters. The van der Waals surface area contributed by atoms with Crippen molar-refractivity contribution in [3.8, 4) is 0 Å². The maximum absolute atomic E-state index is 13.6. The average Bonchev–Trinajstić information content (AvgIpc) is 3.08. The molecule has 168 valence electrons. The van der Waals surface area contributed by atoms with Gasteiger partial charge in [0.25, 0.3) is 11.8 Å². The standard InChI is InChI=1S/C28H29N3O2/c1-5-30(6-2)22-15-17-23(18-16-22)31-27(32)25(21-12-8-7-9-13-21)26(28(31)33)29-24-14-10-11-19(3)20(24)4/h7-18,29H,5-6H2,1-4H3. The van der Waals surface area contributed by atoms with Gasteiger partial charge in [-0.1, -0.05) is 42.5 Å². The number of carbonyl (C=O) groups excluding carboxylic acids is 2. The molecule has 4 rings (SSSR count). The lowest BCUT2D eigenvalue weighted by atomic mass is 10.0. The summed E-state index contributed by atoms with van der Waals surface area (Å²) in [5.74, 6) is -0.676.